The number of aromatic nitrogens is 2. The maximum Gasteiger partial charge on any atom is 0.247 e. The number of halogens is 1. The molecule has 5 nitrogen and oxygen atoms in total. The Labute approximate surface area is 119 Å². The highest BCUT2D eigenvalue weighted by Crippen LogP contribution is 2.35. The Morgan fingerprint density at radius 2 is 1.80 bits per heavy atom. The van der Waals surface area contributed by atoms with Crippen molar-refractivity contribution in [3.8, 4) is 22.4 Å². The first-order valence-corrected chi connectivity index (χ1v) is 6.23. The van der Waals surface area contributed by atoms with Crippen LogP contribution < -0.4 is 11.3 Å². The van der Waals surface area contributed by atoms with Crippen LogP contribution in [0.5, 0.6) is 0 Å². The van der Waals surface area contributed by atoms with Gasteiger partial charge in [0.25, 0.3) is 0 Å². The summed E-state index contributed by atoms with van der Waals surface area (Å²) >= 11 is 5.88. The number of hydrogen-bond acceptors (Lipinski definition) is 4. The van der Waals surface area contributed by atoms with Crippen LogP contribution in [0.4, 0.5) is 5.88 Å². The Bertz CT molecular complexity index is 786. The van der Waals surface area contributed by atoms with Crippen LogP contribution in [-0.4, -0.2) is 10.1 Å². The van der Waals surface area contributed by atoms with E-state index in [1.54, 1.807) is 24.4 Å². The van der Waals surface area contributed by atoms with Crippen LogP contribution in [0, 0.1) is 0 Å². The molecule has 0 fully saturated rings. The molecule has 100 valence electrons. The number of nitrogens with two attached hydrogens (primary N) is 1. The fraction of sp³-hybridized carbons (Fsp3) is 0. The molecule has 3 aromatic rings. The lowest BCUT2D eigenvalue weighted by atomic mass is 10.0. The van der Waals surface area contributed by atoms with Crippen molar-refractivity contribution in [1.29, 1.82) is 0 Å². The van der Waals surface area contributed by atoms with Crippen molar-refractivity contribution in [3.05, 3.63) is 58.0 Å². The third-order valence-electron chi connectivity index (χ3n) is 2.91. The summed E-state index contributed by atoms with van der Waals surface area (Å²) in [5, 5.41) is 4.59. The van der Waals surface area contributed by atoms with Gasteiger partial charge in [-0.1, -0.05) is 28.9 Å². The van der Waals surface area contributed by atoms with Gasteiger partial charge >= 0.3 is 0 Å². The summed E-state index contributed by atoms with van der Waals surface area (Å²) in [6.45, 7) is 0. The van der Waals surface area contributed by atoms with E-state index >= 15 is 0 Å². The number of H-pyrrole nitrogens is 1. The molecule has 0 aliphatic carbocycles. The maximum absolute atomic E-state index is 11.1. The second kappa shape index (κ2) is 4.86. The zero-order valence-electron chi connectivity index (χ0n) is 10.3. The molecule has 0 spiro atoms. The van der Waals surface area contributed by atoms with Gasteiger partial charge in [0, 0.05) is 22.8 Å². The largest absolute Gasteiger partial charge is 0.367 e. The first kappa shape index (κ1) is 12.5. The fourth-order valence-corrected chi connectivity index (χ4v) is 2.08. The van der Waals surface area contributed by atoms with Crippen LogP contribution in [0.2, 0.25) is 5.02 Å². The van der Waals surface area contributed by atoms with Gasteiger partial charge in [-0.2, -0.15) is 0 Å². The van der Waals surface area contributed by atoms with Crippen LogP contribution in [0.15, 0.2) is 51.9 Å². The van der Waals surface area contributed by atoms with Gasteiger partial charge < -0.3 is 15.2 Å². The molecule has 0 saturated heterocycles. The Kier molecular flexibility index (Phi) is 3.04. The molecule has 2 aromatic heterocycles. The topological polar surface area (TPSA) is 84.9 Å². The average molecular weight is 288 g/mol. The molecule has 0 aliphatic rings. The molecule has 0 amide bonds. The predicted octanol–water partition coefficient (Wildman–Crippen LogP) is 2.93. The quantitative estimate of drug-likeness (QED) is 0.759. The second-order valence-electron chi connectivity index (χ2n) is 4.22. The molecule has 0 unspecified atom stereocenters. The number of nitrogen functional groups attached to an aromatic ring is 1. The van der Waals surface area contributed by atoms with Crippen molar-refractivity contribution < 1.29 is 4.52 Å². The van der Waals surface area contributed by atoms with Crippen LogP contribution in [0.3, 0.4) is 0 Å². The van der Waals surface area contributed by atoms with E-state index in [-0.39, 0.29) is 11.4 Å². The number of nitrogens with zero attached hydrogens (tertiary/aromatic N) is 1. The van der Waals surface area contributed by atoms with Crippen molar-refractivity contribution in [2.45, 2.75) is 0 Å². The molecular weight excluding hydrogens is 278 g/mol. The van der Waals surface area contributed by atoms with E-state index in [4.69, 9.17) is 21.9 Å². The molecule has 0 atom stereocenters. The predicted molar refractivity (Wildman–Crippen MR) is 77.4 cm³/mol. The summed E-state index contributed by atoms with van der Waals surface area (Å²) in [7, 11) is 0. The lowest BCUT2D eigenvalue weighted by Gasteiger charge is -2.02. The van der Waals surface area contributed by atoms with Crippen molar-refractivity contribution in [2.75, 3.05) is 5.73 Å². The van der Waals surface area contributed by atoms with E-state index < -0.39 is 0 Å². The summed E-state index contributed by atoms with van der Waals surface area (Å²) in [5.74, 6) is 0.216. The number of rotatable bonds is 2. The minimum atomic E-state index is -0.182. The summed E-state index contributed by atoms with van der Waals surface area (Å²) in [6, 6.07) is 10.3. The van der Waals surface area contributed by atoms with Gasteiger partial charge in [0.2, 0.25) is 11.4 Å². The van der Waals surface area contributed by atoms with Gasteiger partial charge in [0.1, 0.15) is 5.69 Å². The van der Waals surface area contributed by atoms with Crippen LogP contribution in [0.25, 0.3) is 22.4 Å². The van der Waals surface area contributed by atoms with Crippen LogP contribution in [0.1, 0.15) is 0 Å². The molecule has 3 rings (SSSR count). The first-order valence-electron chi connectivity index (χ1n) is 5.85. The molecule has 6 heteroatoms. The number of nitrogens with one attached hydrogen (secondary N) is 1. The number of anilines is 1. The zero-order chi connectivity index (χ0) is 14.1. The van der Waals surface area contributed by atoms with E-state index in [1.165, 1.54) is 6.07 Å². The summed E-state index contributed by atoms with van der Waals surface area (Å²) in [4.78, 5) is 13.7. The summed E-state index contributed by atoms with van der Waals surface area (Å²) in [6.07, 6.45) is 1.57. The van der Waals surface area contributed by atoms with E-state index in [2.05, 4.69) is 10.1 Å². The molecule has 3 N–H and O–H groups in total. The van der Waals surface area contributed by atoms with Crippen molar-refractivity contribution in [1.82, 2.24) is 10.1 Å². The Morgan fingerprint density at radius 1 is 1.10 bits per heavy atom. The average Bonchev–Trinajstić information content (AvgIpc) is 2.83. The first-order chi connectivity index (χ1) is 9.65. The Hall–Kier alpha value is -2.53. The smallest absolute Gasteiger partial charge is 0.247 e. The third kappa shape index (κ3) is 2.19. The second-order valence-corrected chi connectivity index (χ2v) is 4.66. The minimum absolute atomic E-state index is 0.182. The summed E-state index contributed by atoms with van der Waals surface area (Å²) < 4.78 is 5.07. The van der Waals surface area contributed by atoms with Gasteiger partial charge in [0.15, 0.2) is 0 Å². The summed E-state index contributed by atoms with van der Waals surface area (Å²) in [5.41, 5.74) is 8.47. The van der Waals surface area contributed by atoms with Crippen LogP contribution in [-0.2, 0) is 0 Å². The molecule has 0 radical (unpaired) electrons. The van der Waals surface area contributed by atoms with Crippen molar-refractivity contribution >= 4 is 17.5 Å². The number of benzene rings is 1. The van der Waals surface area contributed by atoms with E-state index in [0.717, 1.165) is 11.1 Å². The van der Waals surface area contributed by atoms with Gasteiger partial charge in [-0.25, -0.2) is 0 Å². The lowest BCUT2D eigenvalue weighted by molar-refractivity contribution is 0.439. The maximum atomic E-state index is 11.1. The van der Waals surface area contributed by atoms with Crippen LogP contribution >= 0.6 is 11.6 Å². The van der Waals surface area contributed by atoms with E-state index in [9.17, 15) is 4.79 Å². The number of pyridine rings is 1. The van der Waals surface area contributed by atoms with Gasteiger partial charge in [-0.3, -0.25) is 4.79 Å². The van der Waals surface area contributed by atoms with E-state index in [0.29, 0.717) is 16.3 Å². The zero-order valence-corrected chi connectivity index (χ0v) is 11.0. The highest BCUT2D eigenvalue weighted by molar-refractivity contribution is 6.30. The fourth-order valence-electron chi connectivity index (χ4n) is 1.95. The van der Waals surface area contributed by atoms with Crippen molar-refractivity contribution in [3.63, 3.8) is 0 Å². The van der Waals surface area contributed by atoms with Gasteiger partial charge in [0.05, 0.1) is 5.56 Å². The SMILES string of the molecule is Nc1onc(-c2ccc(=O)[nH]c2)c1-c1ccc(Cl)cc1. The Morgan fingerprint density at radius 3 is 2.45 bits per heavy atom. The minimum Gasteiger partial charge on any atom is -0.367 e. The number of aromatic amines is 1. The Balaban J connectivity index is 2.16. The molecule has 0 aliphatic heterocycles. The molecular formula is C14H10ClN3O2. The molecule has 20 heavy (non-hydrogen) atoms. The molecule has 0 bridgehead atoms. The van der Waals surface area contributed by atoms with Gasteiger partial charge in [-0.05, 0) is 23.8 Å². The highest BCUT2D eigenvalue weighted by atomic mass is 35.5. The molecule has 2 heterocycles. The molecule has 0 saturated carbocycles. The lowest BCUT2D eigenvalue weighted by Crippen LogP contribution is -2.01. The van der Waals surface area contributed by atoms with Gasteiger partial charge in [-0.15, -0.1) is 0 Å². The standard InChI is InChI=1S/C14H10ClN3O2/c15-10-4-1-8(2-5-10)12-13(18-20-14(12)16)9-3-6-11(19)17-7-9/h1-7H,16H2,(H,17,19). The van der Waals surface area contributed by atoms with Crippen molar-refractivity contribution in [2.24, 2.45) is 0 Å². The molecule has 1 aromatic carbocycles. The highest BCUT2D eigenvalue weighted by Gasteiger charge is 2.17. The normalized spacial score (nSPS) is 10.7. The third-order valence-corrected chi connectivity index (χ3v) is 3.16. The van der Waals surface area contributed by atoms with E-state index in [1.807, 2.05) is 12.1 Å². The monoisotopic (exact) mass is 287 g/mol. The number of hydrogen-bond donors (Lipinski definition) is 2.